The van der Waals surface area contributed by atoms with Gasteiger partial charge < -0.3 is 13.9 Å². The van der Waals surface area contributed by atoms with Gasteiger partial charge in [-0.05, 0) is 49.7 Å². The normalized spacial score (nSPS) is 16.9. The minimum Gasteiger partial charge on any atom is -0.455 e. The highest BCUT2D eigenvalue weighted by molar-refractivity contribution is 6.30. The summed E-state index contributed by atoms with van der Waals surface area (Å²) >= 11 is 5.87. The molecule has 0 radical (unpaired) electrons. The lowest BCUT2D eigenvalue weighted by molar-refractivity contribution is -0.256. The van der Waals surface area contributed by atoms with E-state index in [1.54, 1.807) is 25.1 Å². The molecule has 0 bridgehead atoms. The molecule has 7 heteroatoms. The van der Waals surface area contributed by atoms with E-state index < -0.39 is 5.79 Å². The first-order chi connectivity index (χ1) is 12.0. The van der Waals surface area contributed by atoms with Crippen molar-refractivity contribution in [3.8, 4) is 11.3 Å². The van der Waals surface area contributed by atoms with Crippen LogP contribution in [0.3, 0.4) is 0 Å². The first kappa shape index (κ1) is 17.7. The molecule has 1 fully saturated rings. The lowest BCUT2D eigenvalue weighted by atomic mass is 10.2. The minimum absolute atomic E-state index is 0.0819. The van der Waals surface area contributed by atoms with Crippen molar-refractivity contribution in [2.24, 2.45) is 5.10 Å². The van der Waals surface area contributed by atoms with Crippen LogP contribution in [0.4, 0.5) is 0 Å². The van der Waals surface area contributed by atoms with Crippen molar-refractivity contribution < 1.29 is 18.7 Å². The molecule has 1 aromatic carbocycles. The van der Waals surface area contributed by atoms with Gasteiger partial charge >= 0.3 is 0 Å². The Morgan fingerprint density at radius 1 is 1.24 bits per heavy atom. The predicted molar refractivity (Wildman–Crippen MR) is 94.4 cm³/mol. The lowest BCUT2D eigenvalue weighted by Crippen LogP contribution is -2.41. The maximum atomic E-state index is 11.9. The van der Waals surface area contributed by atoms with Crippen molar-refractivity contribution in [3.63, 3.8) is 0 Å². The summed E-state index contributed by atoms with van der Waals surface area (Å²) in [5.74, 6) is 0.0531. The van der Waals surface area contributed by atoms with E-state index in [0.717, 1.165) is 12.0 Å². The van der Waals surface area contributed by atoms with Crippen molar-refractivity contribution in [2.75, 3.05) is 13.2 Å². The third kappa shape index (κ3) is 4.92. The number of carbonyl (C=O) groups excluding carboxylic acids is 1. The third-order valence-electron chi connectivity index (χ3n) is 3.72. The number of ether oxygens (including phenoxy) is 2. The number of hydrogen-bond donors (Lipinski definition) is 1. The van der Waals surface area contributed by atoms with Crippen LogP contribution in [0.15, 0.2) is 45.9 Å². The fourth-order valence-corrected chi connectivity index (χ4v) is 2.60. The van der Waals surface area contributed by atoms with Crippen LogP contribution in [0.25, 0.3) is 11.3 Å². The van der Waals surface area contributed by atoms with E-state index in [9.17, 15) is 4.79 Å². The SMILES string of the molecule is CC1(CC(=O)N/N=C\c2ccc(-c3ccc(Cl)cc3)o2)OCCCO1. The molecule has 1 aromatic heterocycles. The minimum atomic E-state index is -0.885. The number of nitrogens with zero attached hydrogens (tertiary/aromatic N) is 1. The molecular weight excluding hydrogens is 344 g/mol. The molecule has 1 aliphatic heterocycles. The average Bonchev–Trinajstić information content (AvgIpc) is 3.04. The van der Waals surface area contributed by atoms with Crippen LogP contribution in [-0.4, -0.2) is 31.1 Å². The summed E-state index contributed by atoms with van der Waals surface area (Å²) in [5.41, 5.74) is 3.36. The van der Waals surface area contributed by atoms with Crippen molar-refractivity contribution in [1.29, 1.82) is 0 Å². The first-order valence-corrected chi connectivity index (χ1v) is 8.37. The number of halogens is 1. The van der Waals surface area contributed by atoms with Crippen LogP contribution in [-0.2, 0) is 14.3 Å². The van der Waals surface area contributed by atoms with Crippen molar-refractivity contribution in [1.82, 2.24) is 5.43 Å². The summed E-state index contributed by atoms with van der Waals surface area (Å²) in [6.07, 6.45) is 2.37. The zero-order valence-corrected chi connectivity index (χ0v) is 14.6. The van der Waals surface area contributed by atoms with E-state index in [2.05, 4.69) is 10.5 Å². The molecule has 0 unspecified atom stereocenters. The number of furan rings is 1. The number of hydrazone groups is 1. The topological polar surface area (TPSA) is 73.1 Å². The fraction of sp³-hybridized carbons (Fsp3) is 0.333. The molecule has 1 amide bonds. The molecule has 1 N–H and O–H groups in total. The average molecular weight is 363 g/mol. The van der Waals surface area contributed by atoms with Gasteiger partial charge in [0.1, 0.15) is 11.5 Å². The predicted octanol–water partition coefficient (Wildman–Crippen LogP) is 3.59. The van der Waals surface area contributed by atoms with Gasteiger partial charge in [-0.15, -0.1) is 0 Å². The Hall–Kier alpha value is -2.15. The van der Waals surface area contributed by atoms with Crippen molar-refractivity contribution in [3.05, 3.63) is 47.2 Å². The summed E-state index contributed by atoms with van der Waals surface area (Å²) in [7, 11) is 0. The van der Waals surface area contributed by atoms with E-state index in [1.165, 1.54) is 6.21 Å². The fourth-order valence-electron chi connectivity index (χ4n) is 2.47. The Bertz CT molecular complexity index is 749. The third-order valence-corrected chi connectivity index (χ3v) is 3.97. The van der Waals surface area contributed by atoms with Crippen LogP contribution in [0.2, 0.25) is 5.02 Å². The number of carbonyl (C=O) groups is 1. The smallest absolute Gasteiger partial charge is 0.245 e. The van der Waals surface area contributed by atoms with Gasteiger partial charge in [0.2, 0.25) is 5.91 Å². The highest BCUT2D eigenvalue weighted by Crippen LogP contribution is 2.23. The largest absolute Gasteiger partial charge is 0.455 e. The van der Waals surface area contributed by atoms with Crippen LogP contribution in [0.5, 0.6) is 0 Å². The second kappa shape index (κ2) is 7.82. The van der Waals surface area contributed by atoms with Gasteiger partial charge in [-0.2, -0.15) is 5.10 Å². The lowest BCUT2D eigenvalue weighted by Gasteiger charge is -2.33. The van der Waals surface area contributed by atoms with Crippen molar-refractivity contribution in [2.45, 2.75) is 25.6 Å². The Morgan fingerprint density at radius 2 is 1.96 bits per heavy atom. The number of amides is 1. The van der Waals surface area contributed by atoms with E-state index in [0.29, 0.717) is 29.8 Å². The number of hydrogen-bond acceptors (Lipinski definition) is 5. The molecule has 0 aliphatic carbocycles. The van der Waals surface area contributed by atoms with Gasteiger partial charge in [0.25, 0.3) is 0 Å². The quantitative estimate of drug-likeness (QED) is 0.651. The molecular formula is C18H19ClN2O4. The molecule has 0 atom stereocenters. The van der Waals surface area contributed by atoms with E-state index >= 15 is 0 Å². The van der Waals surface area contributed by atoms with Gasteiger partial charge in [0, 0.05) is 10.6 Å². The second-order valence-electron chi connectivity index (χ2n) is 5.86. The van der Waals surface area contributed by atoms with E-state index in [4.69, 9.17) is 25.5 Å². The maximum Gasteiger partial charge on any atom is 0.245 e. The van der Waals surface area contributed by atoms with E-state index in [-0.39, 0.29) is 12.3 Å². The van der Waals surface area contributed by atoms with Gasteiger partial charge in [-0.1, -0.05) is 11.6 Å². The molecule has 1 saturated heterocycles. The molecule has 6 nitrogen and oxygen atoms in total. The maximum absolute atomic E-state index is 11.9. The van der Waals surface area contributed by atoms with Gasteiger partial charge in [-0.3, -0.25) is 4.79 Å². The molecule has 2 heterocycles. The molecule has 25 heavy (non-hydrogen) atoms. The van der Waals surface area contributed by atoms with Gasteiger partial charge in [0.05, 0.1) is 25.8 Å². The van der Waals surface area contributed by atoms with Gasteiger partial charge in [-0.25, -0.2) is 5.43 Å². The number of nitrogens with one attached hydrogen (secondary N) is 1. The zero-order valence-electron chi connectivity index (χ0n) is 13.8. The Kier molecular flexibility index (Phi) is 5.53. The number of rotatable bonds is 5. The Morgan fingerprint density at radius 3 is 2.68 bits per heavy atom. The van der Waals surface area contributed by atoms with Crippen LogP contribution >= 0.6 is 11.6 Å². The first-order valence-electron chi connectivity index (χ1n) is 8.00. The summed E-state index contributed by atoms with van der Waals surface area (Å²) in [6.45, 7) is 2.93. The molecule has 2 aromatic rings. The summed E-state index contributed by atoms with van der Waals surface area (Å²) in [5, 5.41) is 4.57. The highest BCUT2D eigenvalue weighted by atomic mass is 35.5. The summed E-state index contributed by atoms with van der Waals surface area (Å²) in [4.78, 5) is 11.9. The molecule has 3 rings (SSSR count). The summed E-state index contributed by atoms with van der Waals surface area (Å²) < 4.78 is 16.7. The molecule has 0 spiro atoms. The highest BCUT2D eigenvalue weighted by Gasteiger charge is 2.31. The van der Waals surface area contributed by atoms with Crippen molar-refractivity contribution >= 4 is 23.7 Å². The van der Waals surface area contributed by atoms with Gasteiger partial charge in [0.15, 0.2) is 5.79 Å². The monoisotopic (exact) mass is 362 g/mol. The zero-order chi connectivity index (χ0) is 17.7. The number of benzene rings is 1. The standard InChI is InChI=1S/C18H19ClN2O4/c1-18(23-9-2-10-24-18)11-17(22)21-20-12-15-7-8-16(25-15)13-3-5-14(19)6-4-13/h3-8,12H,2,9-11H2,1H3,(H,21,22)/b20-12-. The van der Waals surface area contributed by atoms with Crippen LogP contribution < -0.4 is 5.43 Å². The second-order valence-corrected chi connectivity index (χ2v) is 6.30. The van der Waals surface area contributed by atoms with E-state index in [1.807, 2.05) is 18.2 Å². The molecule has 0 saturated carbocycles. The van der Waals surface area contributed by atoms with Crippen LogP contribution in [0.1, 0.15) is 25.5 Å². The Labute approximate surface area is 150 Å². The Balaban J connectivity index is 1.54. The van der Waals surface area contributed by atoms with Crippen LogP contribution in [0, 0.1) is 0 Å². The molecule has 1 aliphatic rings. The summed E-state index contributed by atoms with van der Waals surface area (Å²) in [6, 6.07) is 10.9. The molecule has 132 valence electrons.